The number of carbonyl (C=O) groups is 1. The maximum absolute atomic E-state index is 11.4. The molecule has 0 radical (unpaired) electrons. The number of hydrogen-bond acceptors (Lipinski definition) is 5. The lowest BCUT2D eigenvalue weighted by Crippen LogP contribution is -2.27. The molecular formula is C13H19N3O2. The zero-order valence-electron chi connectivity index (χ0n) is 10.8. The van der Waals surface area contributed by atoms with E-state index in [1.54, 1.807) is 18.3 Å². The molecule has 0 aliphatic heterocycles. The Labute approximate surface area is 107 Å². The molecule has 0 saturated heterocycles. The molecule has 1 saturated carbocycles. The third-order valence-electron chi connectivity index (χ3n) is 3.12. The molecule has 18 heavy (non-hydrogen) atoms. The van der Waals surface area contributed by atoms with E-state index < -0.39 is 0 Å². The number of ether oxygens (including phenoxy) is 1. The second-order valence-electron chi connectivity index (χ2n) is 4.56. The first kappa shape index (κ1) is 12.8. The van der Waals surface area contributed by atoms with Crippen LogP contribution in [0, 0.1) is 0 Å². The maximum Gasteiger partial charge on any atom is 0.338 e. The average molecular weight is 249 g/mol. The Kier molecular flexibility index (Phi) is 4.15. The lowest BCUT2D eigenvalue weighted by molar-refractivity contribution is 0.0600. The molecular weight excluding hydrogens is 230 g/mol. The highest BCUT2D eigenvalue weighted by molar-refractivity contribution is 5.89. The van der Waals surface area contributed by atoms with E-state index in [2.05, 4.69) is 27.0 Å². The highest BCUT2D eigenvalue weighted by Crippen LogP contribution is 2.24. The lowest BCUT2D eigenvalue weighted by Gasteiger charge is -2.16. The van der Waals surface area contributed by atoms with Crippen LogP contribution >= 0.6 is 0 Å². The summed E-state index contributed by atoms with van der Waals surface area (Å²) >= 11 is 0. The maximum atomic E-state index is 11.4. The molecule has 0 spiro atoms. The van der Waals surface area contributed by atoms with Crippen LogP contribution in [0.2, 0.25) is 0 Å². The van der Waals surface area contributed by atoms with Crippen molar-refractivity contribution in [2.75, 3.05) is 32.6 Å². The van der Waals surface area contributed by atoms with Gasteiger partial charge in [-0.2, -0.15) is 0 Å². The Morgan fingerprint density at radius 3 is 3.06 bits per heavy atom. The number of anilines is 1. The van der Waals surface area contributed by atoms with E-state index in [0.29, 0.717) is 11.4 Å². The van der Waals surface area contributed by atoms with Crippen LogP contribution < -0.4 is 5.32 Å². The van der Waals surface area contributed by atoms with Crippen LogP contribution in [0.5, 0.6) is 0 Å². The molecule has 0 aromatic carbocycles. The molecule has 5 nitrogen and oxygen atoms in total. The van der Waals surface area contributed by atoms with Crippen molar-refractivity contribution in [3.05, 3.63) is 23.9 Å². The van der Waals surface area contributed by atoms with Gasteiger partial charge in [0.25, 0.3) is 0 Å². The molecule has 0 unspecified atom stereocenters. The number of rotatable bonds is 6. The van der Waals surface area contributed by atoms with Gasteiger partial charge in [-0.05, 0) is 32.0 Å². The van der Waals surface area contributed by atoms with E-state index in [1.807, 2.05) is 0 Å². The van der Waals surface area contributed by atoms with Crippen molar-refractivity contribution in [1.29, 1.82) is 0 Å². The predicted molar refractivity (Wildman–Crippen MR) is 69.7 cm³/mol. The van der Waals surface area contributed by atoms with Gasteiger partial charge in [0.05, 0.1) is 12.7 Å². The Balaban J connectivity index is 1.83. The van der Waals surface area contributed by atoms with Crippen molar-refractivity contribution < 1.29 is 9.53 Å². The zero-order valence-corrected chi connectivity index (χ0v) is 10.8. The van der Waals surface area contributed by atoms with Crippen molar-refractivity contribution >= 4 is 11.8 Å². The highest BCUT2D eigenvalue weighted by atomic mass is 16.5. The van der Waals surface area contributed by atoms with Gasteiger partial charge in [-0.1, -0.05) is 0 Å². The van der Waals surface area contributed by atoms with Crippen molar-refractivity contribution in [3.63, 3.8) is 0 Å². The molecule has 1 N–H and O–H groups in total. The number of methoxy groups -OCH3 is 1. The number of likely N-dealkylation sites (N-methyl/N-ethyl adjacent to an activating group) is 1. The Hall–Kier alpha value is -1.62. The van der Waals surface area contributed by atoms with E-state index in [1.165, 1.54) is 20.0 Å². The van der Waals surface area contributed by atoms with E-state index >= 15 is 0 Å². The average Bonchev–Trinajstić information content (AvgIpc) is 3.22. The first-order valence-corrected chi connectivity index (χ1v) is 6.19. The normalized spacial score (nSPS) is 14.6. The summed E-state index contributed by atoms with van der Waals surface area (Å²) in [5, 5.41) is 3.22. The molecule has 0 amide bonds. The zero-order chi connectivity index (χ0) is 13.0. The van der Waals surface area contributed by atoms with Crippen LogP contribution in [0.15, 0.2) is 18.3 Å². The molecule has 5 heteroatoms. The molecule has 1 aliphatic rings. The van der Waals surface area contributed by atoms with E-state index in [4.69, 9.17) is 0 Å². The first-order chi connectivity index (χ1) is 8.70. The van der Waals surface area contributed by atoms with Gasteiger partial charge in [0.2, 0.25) is 0 Å². The number of nitrogens with one attached hydrogen (secondary N) is 1. The second kappa shape index (κ2) is 5.82. The molecule has 1 fully saturated rings. The van der Waals surface area contributed by atoms with Gasteiger partial charge in [-0.3, -0.25) is 0 Å². The number of nitrogens with zero attached hydrogens (tertiary/aromatic N) is 2. The Morgan fingerprint density at radius 1 is 1.61 bits per heavy atom. The summed E-state index contributed by atoms with van der Waals surface area (Å²) < 4.78 is 4.67. The number of hydrogen-bond donors (Lipinski definition) is 1. The van der Waals surface area contributed by atoms with E-state index in [9.17, 15) is 4.79 Å². The van der Waals surface area contributed by atoms with E-state index in [0.717, 1.165) is 19.1 Å². The fourth-order valence-corrected chi connectivity index (χ4v) is 1.83. The summed E-state index contributed by atoms with van der Waals surface area (Å²) in [5.74, 6) is 0.373. The van der Waals surface area contributed by atoms with Crippen molar-refractivity contribution in [1.82, 2.24) is 9.88 Å². The minimum absolute atomic E-state index is 0.337. The predicted octanol–water partition coefficient (Wildman–Crippen LogP) is 1.37. The van der Waals surface area contributed by atoms with Crippen LogP contribution in [-0.2, 0) is 4.74 Å². The van der Waals surface area contributed by atoms with Gasteiger partial charge in [-0.25, -0.2) is 9.78 Å². The number of esters is 1. The fraction of sp³-hybridized carbons (Fsp3) is 0.538. The van der Waals surface area contributed by atoms with Gasteiger partial charge >= 0.3 is 5.97 Å². The van der Waals surface area contributed by atoms with Crippen molar-refractivity contribution in [2.24, 2.45) is 0 Å². The van der Waals surface area contributed by atoms with Crippen LogP contribution in [0.25, 0.3) is 0 Å². The van der Waals surface area contributed by atoms with Crippen LogP contribution in [0.1, 0.15) is 23.2 Å². The minimum atomic E-state index is -0.337. The summed E-state index contributed by atoms with van der Waals surface area (Å²) in [4.78, 5) is 17.9. The largest absolute Gasteiger partial charge is 0.465 e. The SMILES string of the molecule is COC(=O)c1ccnc(NCCN(C)C2CC2)c1. The van der Waals surface area contributed by atoms with Gasteiger partial charge < -0.3 is 15.0 Å². The molecule has 1 aromatic heterocycles. The summed E-state index contributed by atoms with van der Waals surface area (Å²) in [5.41, 5.74) is 0.519. The van der Waals surface area contributed by atoms with Gasteiger partial charge in [0.1, 0.15) is 5.82 Å². The molecule has 0 bridgehead atoms. The summed E-state index contributed by atoms with van der Waals surface area (Å²) in [6.45, 7) is 1.80. The van der Waals surface area contributed by atoms with Crippen molar-refractivity contribution in [2.45, 2.75) is 18.9 Å². The summed E-state index contributed by atoms with van der Waals surface area (Å²) in [6.07, 6.45) is 4.23. The third kappa shape index (κ3) is 3.43. The lowest BCUT2D eigenvalue weighted by atomic mass is 10.2. The van der Waals surface area contributed by atoms with Crippen molar-refractivity contribution in [3.8, 4) is 0 Å². The number of carbonyl (C=O) groups excluding carboxylic acids is 1. The molecule has 0 atom stereocenters. The van der Waals surface area contributed by atoms with Gasteiger partial charge in [-0.15, -0.1) is 0 Å². The molecule has 98 valence electrons. The minimum Gasteiger partial charge on any atom is -0.465 e. The molecule has 2 rings (SSSR count). The molecule has 1 aliphatic carbocycles. The second-order valence-corrected chi connectivity index (χ2v) is 4.56. The number of pyridine rings is 1. The van der Waals surface area contributed by atoms with E-state index in [-0.39, 0.29) is 5.97 Å². The van der Waals surface area contributed by atoms with Crippen LogP contribution in [-0.4, -0.2) is 49.1 Å². The first-order valence-electron chi connectivity index (χ1n) is 6.19. The standard InChI is InChI=1S/C13H19N3O2/c1-16(11-3-4-11)8-7-15-12-9-10(5-6-14-12)13(17)18-2/h5-6,9,11H,3-4,7-8H2,1-2H3,(H,14,15). The molecule has 1 aromatic rings. The topological polar surface area (TPSA) is 54.5 Å². The third-order valence-corrected chi connectivity index (χ3v) is 3.12. The Morgan fingerprint density at radius 2 is 2.39 bits per heavy atom. The fourth-order valence-electron chi connectivity index (χ4n) is 1.83. The van der Waals surface area contributed by atoms with Gasteiger partial charge in [0, 0.05) is 25.3 Å². The summed E-state index contributed by atoms with van der Waals surface area (Å²) in [6, 6.07) is 4.12. The van der Waals surface area contributed by atoms with Crippen LogP contribution in [0.4, 0.5) is 5.82 Å². The quantitative estimate of drug-likeness (QED) is 0.772. The highest BCUT2D eigenvalue weighted by Gasteiger charge is 2.25. The molecule has 1 heterocycles. The summed E-state index contributed by atoms with van der Waals surface area (Å²) in [7, 11) is 3.51. The monoisotopic (exact) mass is 249 g/mol. The smallest absolute Gasteiger partial charge is 0.338 e. The van der Waals surface area contributed by atoms with Crippen LogP contribution in [0.3, 0.4) is 0 Å². The van der Waals surface area contributed by atoms with Gasteiger partial charge in [0.15, 0.2) is 0 Å². The number of aromatic nitrogens is 1. The Bertz CT molecular complexity index is 418.